The summed E-state index contributed by atoms with van der Waals surface area (Å²) in [6.45, 7) is 4.79. The van der Waals surface area contributed by atoms with Gasteiger partial charge >= 0.3 is 0 Å². The Balaban J connectivity index is 1.07. The van der Waals surface area contributed by atoms with Gasteiger partial charge in [-0.15, -0.1) is 0 Å². The maximum absolute atomic E-state index is 14.1. The molecule has 0 bridgehead atoms. The molecule has 5 nitrogen and oxygen atoms in total. The third-order valence-corrected chi connectivity index (χ3v) is 8.78. The second-order valence-electron chi connectivity index (χ2n) is 9.93. The topological polar surface area (TPSA) is 39.7 Å². The number of piperazine rings is 1. The molecule has 0 radical (unpaired) electrons. The normalized spacial score (nSPS) is 17.6. The van der Waals surface area contributed by atoms with Gasteiger partial charge in [-0.05, 0) is 36.1 Å². The summed E-state index contributed by atoms with van der Waals surface area (Å²) in [7, 11) is 0. The van der Waals surface area contributed by atoms with E-state index in [0.717, 1.165) is 61.9 Å². The predicted octanol–water partition coefficient (Wildman–Crippen LogP) is 5.59. The highest BCUT2D eigenvalue weighted by Crippen LogP contribution is 2.34. The van der Waals surface area contributed by atoms with E-state index in [1.807, 2.05) is 6.07 Å². The van der Waals surface area contributed by atoms with Crippen molar-refractivity contribution in [1.82, 2.24) is 14.8 Å². The number of anilines is 1. The van der Waals surface area contributed by atoms with Crippen LogP contribution in [0.4, 0.5) is 9.52 Å². The molecule has 0 saturated carbocycles. The van der Waals surface area contributed by atoms with Crippen LogP contribution in [0.1, 0.15) is 30.0 Å². The lowest BCUT2D eigenvalue weighted by Gasteiger charge is -2.41. The molecule has 6 rings (SSSR count). The average molecular weight is 515 g/mol. The molecule has 0 aliphatic carbocycles. The van der Waals surface area contributed by atoms with Crippen LogP contribution in [-0.2, 0) is 4.79 Å². The second-order valence-corrected chi connectivity index (χ2v) is 10.9. The molecule has 3 aromatic carbocycles. The van der Waals surface area contributed by atoms with Gasteiger partial charge in [0, 0.05) is 45.2 Å². The molecular formula is C30H31FN4OS. The van der Waals surface area contributed by atoms with Crippen LogP contribution in [0, 0.1) is 11.7 Å². The molecule has 0 atom stereocenters. The summed E-state index contributed by atoms with van der Waals surface area (Å²) in [6, 6.07) is 26.6. The number of piperidine rings is 1. The minimum absolute atomic E-state index is 0.0490. The maximum atomic E-state index is 14.1. The van der Waals surface area contributed by atoms with E-state index in [1.165, 1.54) is 28.5 Å². The summed E-state index contributed by atoms with van der Waals surface area (Å²) < 4.78 is 15.0. The quantitative estimate of drug-likeness (QED) is 0.348. The molecule has 3 heterocycles. The molecule has 37 heavy (non-hydrogen) atoms. The number of amides is 1. The van der Waals surface area contributed by atoms with Crippen LogP contribution in [0.25, 0.3) is 10.2 Å². The lowest BCUT2D eigenvalue weighted by atomic mass is 9.94. The number of rotatable bonds is 5. The van der Waals surface area contributed by atoms with Crippen molar-refractivity contribution in [2.75, 3.05) is 44.2 Å². The smallest absolute Gasteiger partial charge is 0.225 e. The molecule has 0 spiro atoms. The monoisotopic (exact) mass is 514 g/mol. The molecule has 2 aliphatic rings. The van der Waals surface area contributed by atoms with E-state index in [4.69, 9.17) is 0 Å². The predicted molar refractivity (Wildman–Crippen MR) is 147 cm³/mol. The third-order valence-electron chi connectivity index (χ3n) is 7.69. The SMILES string of the molecule is O=C(C1CCN(c2nc3c(F)cccc3s2)CC1)N1CCN(C(c2ccccc2)c2ccccc2)CC1. The number of halogens is 1. The summed E-state index contributed by atoms with van der Waals surface area (Å²) in [5, 5.41) is 0.854. The Labute approximate surface area is 221 Å². The Morgan fingerprint density at radius 3 is 2.03 bits per heavy atom. The van der Waals surface area contributed by atoms with Crippen LogP contribution >= 0.6 is 11.3 Å². The molecule has 0 N–H and O–H groups in total. The fraction of sp³-hybridized carbons (Fsp3) is 0.333. The van der Waals surface area contributed by atoms with E-state index < -0.39 is 0 Å². The van der Waals surface area contributed by atoms with Crippen molar-refractivity contribution >= 4 is 32.6 Å². The van der Waals surface area contributed by atoms with E-state index in [1.54, 1.807) is 6.07 Å². The highest BCUT2D eigenvalue weighted by atomic mass is 32.1. The van der Waals surface area contributed by atoms with Gasteiger partial charge in [0.15, 0.2) is 5.13 Å². The standard InChI is InChI=1S/C30H31FN4OS/c31-25-12-7-13-26-27(25)32-30(37-26)35-16-14-24(15-17-35)29(36)34-20-18-33(19-21-34)28(22-8-3-1-4-9-22)23-10-5-2-6-11-23/h1-13,24,28H,14-21H2. The molecule has 2 fully saturated rings. The average Bonchev–Trinajstić information content (AvgIpc) is 3.41. The van der Waals surface area contributed by atoms with Gasteiger partial charge in [-0.2, -0.15) is 0 Å². The van der Waals surface area contributed by atoms with Crippen LogP contribution in [0.15, 0.2) is 78.9 Å². The molecule has 1 aromatic heterocycles. The summed E-state index contributed by atoms with van der Waals surface area (Å²) in [5.74, 6) is 0.0598. The number of thiazole rings is 1. The third kappa shape index (κ3) is 4.98. The Bertz CT molecular complexity index is 1310. The molecule has 2 aliphatic heterocycles. The highest BCUT2D eigenvalue weighted by Gasteiger charge is 2.33. The highest BCUT2D eigenvalue weighted by molar-refractivity contribution is 7.22. The van der Waals surface area contributed by atoms with Crippen molar-refractivity contribution in [3.8, 4) is 0 Å². The first kappa shape index (κ1) is 24.1. The minimum atomic E-state index is -0.272. The summed E-state index contributed by atoms with van der Waals surface area (Å²) >= 11 is 1.53. The number of aromatic nitrogens is 1. The van der Waals surface area contributed by atoms with Crippen LogP contribution in [0.3, 0.4) is 0 Å². The molecule has 190 valence electrons. The van der Waals surface area contributed by atoms with Gasteiger partial charge in [0.1, 0.15) is 11.3 Å². The fourth-order valence-corrected chi connectivity index (χ4v) is 6.73. The zero-order valence-corrected chi connectivity index (χ0v) is 21.6. The van der Waals surface area contributed by atoms with Crippen molar-refractivity contribution in [3.05, 3.63) is 95.8 Å². The molecular weight excluding hydrogens is 483 g/mol. The zero-order valence-electron chi connectivity index (χ0n) is 20.8. The number of para-hydroxylation sites is 1. The van der Waals surface area contributed by atoms with Crippen LogP contribution in [0.5, 0.6) is 0 Å². The van der Waals surface area contributed by atoms with Crippen molar-refractivity contribution in [2.24, 2.45) is 5.92 Å². The van der Waals surface area contributed by atoms with E-state index in [0.29, 0.717) is 5.52 Å². The first-order valence-electron chi connectivity index (χ1n) is 13.1. The number of nitrogens with zero attached hydrogens (tertiary/aromatic N) is 4. The van der Waals surface area contributed by atoms with Crippen LogP contribution in [-0.4, -0.2) is 60.0 Å². The fourth-order valence-electron chi connectivity index (χ4n) is 5.70. The molecule has 2 saturated heterocycles. The minimum Gasteiger partial charge on any atom is -0.348 e. The van der Waals surface area contributed by atoms with Gasteiger partial charge in [0.2, 0.25) is 5.91 Å². The number of fused-ring (bicyclic) bond motifs is 1. The zero-order chi connectivity index (χ0) is 25.2. The van der Waals surface area contributed by atoms with Gasteiger partial charge in [-0.25, -0.2) is 9.37 Å². The van der Waals surface area contributed by atoms with Gasteiger partial charge in [-0.1, -0.05) is 78.1 Å². The number of hydrogen-bond acceptors (Lipinski definition) is 5. The van der Waals surface area contributed by atoms with Crippen LogP contribution < -0.4 is 4.90 Å². The van der Waals surface area contributed by atoms with Gasteiger partial charge in [-0.3, -0.25) is 9.69 Å². The van der Waals surface area contributed by atoms with Crippen molar-refractivity contribution in [3.63, 3.8) is 0 Å². The molecule has 4 aromatic rings. The van der Waals surface area contributed by atoms with Crippen molar-refractivity contribution in [2.45, 2.75) is 18.9 Å². The number of carbonyl (C=O) groups is 1. The Kier molecular flexibility index (Phi) is 6.89. The largest absolute Gasteiger partial charge is 0.348 e. The lowest BCUT2D eigenvalue weighted by molar-refractivity contribution is -0.138. The second kappa shape index (κ2) is 10.6. The van der Waals surface area contributed by atoms with Crippen molar-refractivity contribution in [1.29, 1.82) is 0 Å². The van der Waals surface area contributed by atoms with E-state index >= 15 is 0 Å². The molecule has 0 unspecified atom stereocenters. The summed E-state index contributed by atoms with van der Waals surface area (Å²) in [5.41, 5.74) is 3.02. The summed E-state index contributed by atoms with van der Waals surface area (Å²) in [4.78, 5) is 24.7. The Morgan fingerprint density at radius 2 is 1.43 bits per heavy atom. The Hall–Kier alpha value is -3.29. The molecule has 1 amide bonds. The lowest BCUT2D eigenvalue weighted by Crippen LogP contribution is -2.52. The maximum Gasteiger partial charge on any atom is 0.225 e. The van der Waals surface area contributed by atoms with Gasteiger partial charge in [0.05, 0.1) is 10.7 Å². The Morgan fingerprint density at radius 1 is 0.811 bits per heavy atom. The van der Waals surface area contributed by atoms with Crippen LogP contribution in [0.2, 0.25) is 0 Å². The molecule has 7 heteroatoms. The summed E-state index contributed by atoms with van der Waals surface area (Å²) in [6.07, 6.45) is 1.63. The van der Waals surface area contributed by atoms with Crippen molar-refractivity contribution < 1.29 is 9.18 Å². The number of benzene rings is 3. The number of hydrogen-bond donors (Lipinski definition) is 0. The van der Waals surface area contributed by atoms with E-state index in [9.17, 15) is 9.18 Å². The first-order chi connectivity index (χ1) is 18.2. The first-order valence-corrected chi connectivity index (χ1v) is 13.9. The van der Waals surface area contributed by atoms with E-state index in [-0.39, 0.29) is 23.7 Å². The number of carbonyl (C=O) groups excluding carboxylic acids is 1. The van der Waals surface area contributed by atoms with E-state index in [2.05, 4.69) is 80.3 Å². The van der Waals surface area contributed by atoms with Gasteiger partial charge < -0.3 is 9.80 Å². The van der Waals surface area contributed by atoms with Gasteiger partial charge in [0.25, 0.3) is 0 Å².